The minimum absolute atomic E-state index is 0.00670. The first kappa shape index (κ1) is 18.9. The van der Waals surface area contributed by atoms with Gasteiger partial charge in [-0.15, -0.1) is 11.8 Å². The van der Waals surface area contributed by atoms with Crippen LogP contribution in [0.1, 0.15) is 5.56 Å². The van der Waals surface area contributed by atoms with E-state index in [9.17, 15) is 9.18 Å². The topological polar surface area (TPSA) is 41.6 Å². The molecule has 0 radical (unpaired) electrons. The van der Waals surface area contributed by atoms with E-state index in [1.165, 1.54) is 29.5 Å². The number of rotatable bonds is 7. The molecule has 0 spiro atoms. The molecule has 4 nitrogen and oxygen atoms in total. The molecule has 1 aliphatic heterocycles. The molecule has 26 heavy (non-hydrogen) atoms. The van der Waals surface area contributed by atoms with Gasteiger partial charge in [0.2, 0.25) is 5.91 Å². The van der Waals surface area contributed by atoms with Crippen LogP contribution in [0.4, 0.5) is 4.39 Å². The molecule has 6 heteroatoms. The highest BCUT2D eigenvalue weighted by Gasteiger charge is 2.21. The molecule has 1 N–H and O–H groups in total. The molecular weight excluding hydrogens is 351 g/mol. The highest BCUT2D eigenvalue weighted by Crippen LogP contribution is 2.17. The number of thioether (sulfide) groups is 1. The van der Waals surface area contributed by atoms with Gasteiger partial charge in [0.1, 0.15) is 5.82 Å². The van der Waals surface area contributed by atoms with Crippen molar-refractivity contribution in [1.82, 2.24) is 10.2 Å². The summed E-state index contributed by atoms with van der Waals surface area (Å²) in [6, 6.07) is 16.5. The molecule has 1 aliphatic rings. The van der Waals surface area contributed by atoms with Crippen LogP contribution in [0.5, 0.6) is 0 Å². The second kappa shape index (κ2) is 9.71. The summed E-state index contributed by atoms with van der Waals surface area (Å²) in [6.45, 7) is 3.79. The number of hydrogen-bond acceptors (Lipinski definition) is 4. The van der Waals surface area contributed by atoms with Gasteiger partial charge in [-0.05, 0) is 29.8 Å². The van der Waals surface area contributed by atoms with Gasteiger partial charge in [0.25, 0.3) is 0 Å². The molecule has 1 heterocycles. The average molecular weight is 374 g/mol. The Bertz CT molecular complexity index is 697. The summed E-state index contributed by atoms with van der Waals surface area (Å²) < 4.78 is 18.6. The maximum Gasteiger partial charge on any atom is 0.230 e. The minimum Gasteiger partial charge on any atom is -0.374 e. The monoisotopic (exact) mass is 374 g/mol. The van der Waals surface area contributed by atoms with Crippen molar-refractivity contribution in [2.24, 2.45) is 0 Å². The van der Waals surface area contributed by atoms with Gasteiger partial charge >= 0.3 is 0 Å². The quantitative estimate of drug-likeness (QED) is 0.757. The third kappa shape index (κ3) is 6.12. The van der Waals surface area contributed by atoms with E-state index in [0.717, 1.165) is 24.5 Å². The van der Waals surface area contributed by atoms with Gasteiger partial charge < -0.3 is 10.1 Å². The van der Waals surface area contributed by atoms with Crippen molar-refractivity contribution in [1.29, 1.82) is 0 Å². The van der Waals surface area contributed by atoms with Crippen LogP contribution in [0, 0.1) is 5.82 Å². The zero-order chi connectivity index (χ0) is 18.2. The van der Waals surface area contributed by atoms with Gasteiger partial charge in [-0.1, -0.05) is 30.3 Å². The van der Waals surface area contributed by atoms with Crippen molar-refractivity contribution in [2.75, 3.05) is 32.0 Å². The van der Waals surface area contributed by atoms with Crippen LogP contribution < -0.4 is 5.32 Å². The number of carbonyl (C=O) groups excluding carboxylic acids is 1. The molecule has 0 aromatic heterocycles. The summed E-state index contributed by atoms with van der Waals surface area (Å²) in [4.78, 5) is 15.3. The third-order valence-corrected chi connectivity index (χ3v) is 5.19. The average Bonchev–Trinajstić information content (AvgIpc) is 2.67. The largest absolute Gasteiger partial charge is 0.374 e. The lowest BCUT2D eigenvalue weighted by molar-refractivity contribution is -0.119. The molecule has 1 atom stereocenters. The van der Waals surface area contributed by atoms with Crippen molar-refractivity contribution in [3.63, 3.8) is 0 Å². The molecule has 2 aromatic rings. The van der Waals surface area contributed by atoms with Gasteiger partial charge in [-0.25, -0.2) is 4.39 Å². The molecule has 2 aromatic carbocycles. The highest BCUT2D eigenvalue weighted by atomic mass is 32.2. The second-order valence-corrected chi connectivity index (χ2v) is 7.31. The fourth-order valence-electron chi connectivity index (χ4n) is 2.85. The maximum atomic E-state index is 12.9. The van der Waals surface area contributed by atoms with Crippen LogP contribution in [-0.2, 0) is 16.1 Å². The van der Waals surface area contributed by atoms with Crippen molar-refractivity contribution in [2.45, 2.75) is 17.5 Å². The van der Waals surface area contributed by atoms with Crippen LogP contribution in [0.2, 0.25) is 0 Å². The number of ether oxygens (including phenoxy) is 1. The summed E-state index contributed by atoms with van der Waals surface area (Å²) in [5.74, 6) is 0.00271. The zero-order valence-corrected chi connectivity index (χ0v) is 15.4. The summed E-state index contributed by atoms with van der Waals surface area (Å²) in [7, 11) is 0. The van der Waals surface area contributed by atoms with Gasteiger partial charge in [-0.3, -0.25) is 9.69 Å². The van der Waals surface area contributed by atoms with Crippen LogP contribution in [-0.4, -0.2) is 48.9 Å². The molecule has 0 saturated carbocycles. The summed E-state index contributed by atoms with van der Waals surface area (Å²) in [5.41, 5.74) is 1.29. The molecule has 0 bridgehead atoms. The van der Waals surface area contributed by atoms with Crippen LogP contribution in [0.15, 0.2) is 59.5 Å². The molecular formula is C20H23FN2O2S. The fraction of sp³-hybridized carbons (Fsp3) is 0.350. The van der Waals surface area contributed by atoms with E-state index < -0.39 is 0 Å². The lowest BCUT2D eigenvalue weighted by atomic mass is 10.2. The van der Waals surface area contributed by atoms with Gasteiger partial charge in [0.15, 0.2) is 0 Å². The highest BCUT2D eigenvalue weighted by molar-refractivity contribution is 8.00. The number of hydrogen-bond donors (Lipinski definition) is 1. The Morgan fingerprint density at radius 3 is 2.73 bits per heavy atom. The second-order valence-electron chi connectivity index (χ2n) is 6.26. The first-order valence-electron chi connectivity index (χ1n) is 8.72. The van der Waals surface area contributed by atoms with E-state index >= 15 is 0 Å². The van der Waals surface area contributed by atoms with Gasteiger partial charge in [0.05, 0.1) is 18.5 Å². The SMILES string of the molecule is O=C(CSc1ccc(F)cc1)NCC1CN(Cc2ccccc2)CCO1. The summed E-state index contributed by atoms with van der Waals surface area (Å²) in [6.07, 6.45) is 0.00670. The molecule has 1 unspecified atom stereocenters. The molecule has 138 valence electrons. The molecule has 3 rings (SSSR count). The van der Waals surface area contributed by atoms with Crippen molar-refractivity contribution in [3.8, 4) is 0 Å². The van der Waals surface area contributed by atoms with Crippen molar-refractivity contribution >= 4 is 17.7 Å². The predicted molar refractivity (Wildman–Crippen MR) is 102 cm³/mol. The lowest BCUT2D eigenvalue weighted by Gasteiger charge is -2.33. The van der Waals surface area contributed by atoms with E-state index in [1.807, 2.05) is 18.2 Å². The number of amides is 1. The summed E-state index contributed by atoms with van der Waals surface area (Å²) >= 11 is 1.40. The summed E-state index contributed by atoms with van der Waals surface area (Å²) in [5, 5.41) is 2.93. The zero-order valence-electron chi connectivity index (χ0n) is 14.6. The van der Waals surface area contributed by atoms with E-state index in [0.29, 0.717) is 18.9 Å². The van der Waals surface area contributed by atoms with Crippen molar-refractivity contribution < 1.29 is 13.9 Å². The number of halogens is 1. The van der Waals surface area contributed by atoms with E-state index in [2.05, 4.69) is 22.3 Å². The number of nitrogens with zero attached hydrogens (tertiary/aromatic N) is 1. The first-order chi connectivity index (χ1) is 12.7. The van der Waals surface area contributed by atoms with Gasteiger partial charge in [0, 0.05) is 31.1 Å². The normalized spacial score (nSPS) is 17.8. The van der Waals surface area contributed by atoms with Gasteiger partial charge in [-0.2, -0.15) is 0 Å². The fourth-order valence-corrected chi connectivity index (χ4v) is 3.58. The number of benzene rings is 2. The Kier molecular flexibility index (Phi) is 7.05. The van der Waals surface area contributed by atoms with Crippen LogP contribution >= 0.6 is 11.8 Å². The van der Waals surface area contributed by atoms with E-state index in [1.54, 1.807) is 12.1 Å². The van der Waals surface area contributed by atoms with E-state index in [4.69, 9.17) is 4.74 Å². The predicted octanol–water partition coefficient (Wildman–Crippen LogP) is 2.94. The molecule has 1 amide bonds. The van der Waals surface area contributed by atoms with E-state index in [-0.39, 0.29) is 17.8 Å². The Hall–Kier alpha value is -1.89. The first-order valence-corrected chi connectivity index (χ1v) is 9.70. The van der Waals surface area contributed by atoms with Crippen LogP contribution in [0.3, 0.4) is 0 Å². The standard InChI is InChI=1S/C20H23FN2O2S/c21-17-6-8-19(9-7-17)26-15-20(24)22-12-18-14-23(10-11-25-18)13-16-4-2-1-3-5-16/h1-9,18H,10-15H2,(H,22,24). The van der Waals surface area contributed by atoms with Crippen LogP contribution in [0.25, 0.3) is 0 Å². The molecule has 1 saturated heterocycles. The Morgan fingerprint density at radius 1 is 1.19 bits per heavy atom. The Balaban J connectivity index is 1.38. The smallest absolute Gasteiger partial charge is 0.230 e. The number of morpholine rings is 1. The number of nitrogens with one attached hydrogen (secondary N) is 1. The van der Waals surface area contributed by atoms with Crippen molar-refractivity contribution in [3.05, 3.63) is 66.0 Å². The maximum absolute atomic E-state index is 12.9. The minimum atomic E-state index is -0.270. The third-order valence-electron chi connectivity index (χ3n) is 4.18. The molecule has 0 aliphatic carbocycles. The Morgan fingerprint density at radius 2 is 1.96 bits per heavy atom. The lowest BCUT2D eigenvalue weighted by Crippen LogP contribution is -2.47. The molecule has 1 fully saturated rings. The Labute approximate surface area is 157 Å². The number of carbonyl (C=O) groups is 1.